The molecule has 3 nitrogen and oxygen atoms in total. The number of nitrogens with two attached hydrogens (primary N) is 1. The van der Waals surface area contributed by atoms with Crippen LogP contribution < -0.4 is 11.1 Å². The Kier molecular flexibility index (Phi) is 7.92. The molecule has 0 aliphatic carbocycles. The van der Waals surface area contributed by atoms with Gasteiger partial charge in [0.15, 0.2) is 0 Å². The van der Waals surface area contributed by atoms with Crippen LogP contribution in [0, 0.1) is 0 Å². The van der Waals surface area contributed by atoms with E-state index in [1.807, 2.05) is 30.3 Å². The largest absolute Gasteiger partial charge is 0.396 e. The second kappa shape index (κ2) is 8.61. The van der Waals surface area contributed by atoms with Crippen LogP contribution in [-0.2, 0) is 6.42 Å². The Bertz CT molecular complexity index is 449. The number of anilines is 2. The predicted molar refractivity (Wildman–Crippen MR) is 81.8 cm³/mol. The smallest absolute Gasteiger partial charge is 0.149 e. The highest BCUT2D eigenvalue weighted by atomic mass is 35.5. The van der Waals surface area contributed by atoms with E-state index < -0.39 is 0 Å². The molecule has 3 N–H and O–H groups in total. The molecule has 0 spiro atoms. The third-order valence-electron chi connectivity index (χ3n) is 2.39. The highest BCUT2D eigenvalue weighted by Crippen LogP contribution is 2.12. The molecule has 1 aromatic carbocycles. The van der Waals surface area contributed by atoms with Gasteiger partial charge < -0.3 is 11.1 Å². The van der Waals surface area contributed by atoms with E-state index in [1.54, 1.807) is 6.20 Å². The summed E-state index contributed by atoms with van der Waals surface area (Å²) < 4.78 is 0. The fourth-order valence-electron chi connectivity index (χ4n) is 1.54. The van der Waals surface area contributed by atoms with E-state index in [2.05, 4.69) is 22.4 Å². The minimum absolute atomic E-state index is 0. The van der Waals surface area contributed by atoms with E-state index in [0.29, 0.717) is 5.69 Å². The number of pyridine rings is 1. The predicted octanol–water partition coefficient (Wildman–Crippen LogP) is 3.16. The van der Waals surface area contributed by atoms with Crippen molar-refractivity contribution in [3.05, 3.63) is 54.2 Å². The zero-order chi connectivity index (χ0) is 11.2. The Morgan fingerprint density at radius 1 is 1.00 bits per heavy atom. The summed E-state index contributed by atoms with van der Waals surface area (Å²) in [4.78, 5) is 4.17. The first-order valence-corrected chi connectivity index (χ1v) is 5.34. The van der Waals surface area contributed by atoms with Gasteiger partial charge in [-0.15, -0.1) is 24.8 Å². The molecular weight excluding hydrogens is 269 g/mol. The van der Waals surface area contributed by atoms with Crippen molar-refractivity contribution in [1.82, 2.24) is 4.98 Å². The van der Waals surface area contributed by atoms with Gasteiger partial charge in [0.1, 0.15) is 5.82 Å². The Hall–Kier alpha value is -1.45. The third kappa shape index (κ3) is 4.82. The van der Waals surface area contributed by atoms with Crippen LogP contribution in [0.25, 0.3) is 0 Å². The van der Waals surface area contributed by atoms with Crippen LogP contribution in [0.5, 0.6) is 0 Å². The zero-order valence-corrected chi connectivity index (χ0v) is 11.5. The quantitative estimate of drug-likeness (QED) is 0.907. The van der Waals surface area contributed by atoms with Gasteiger partial charge >= 0.3 is 0 Å². The van der Waals surface area contributed by atoms with Gasteiger partial charge in [-0.05, 0) is 24.1 Å². The van der Waals surface area contributed by atoms with Crippen molar-refractivity contribution in [2.75, 3.05) is 17.6 Å². The second-order valence-electron chi connectivity index (χ2n) is 3.60. The first kappa shape index (κ1) is 16.6. The molecule has 0 aliphatic heterocycles. The summed E-state index contributed by atoms with van der Waals surface area (Å²) in [6.45, 7) is 0.839. The maximum atomic E-state index is 5.78. The number of hydrogen-bond donors (Lipinski definition) is 2. The number of rotatable bonds is 4. The Balaban J connectivity index is 0.00000144. The van der Waals surface area contributed by atoms with Crippen molar-refractivity contribution >= 4 is 36.3 Å². The van der Waals surface area contributed by atoms with Gasteiger partial charge in [0, 0.05) is 12.7 Å². The van der Waals surface area contributed by atoms with Gasteiger partial charge in [-0.1, -0.05) is 30.3 Å². The molecule has 2 aromatic rings. The molecule has 18 heavy (non-hydrogen) atoms. The summed E-state index contributed by atoms with van der Waals surface area (Å²) >= 11 is 0. The van der Waals surface area contributed by atoms with Crippen LogP contribution in [0.3, 0.4) is 0 Å². The molecule has 1 heterocycles. The third-order valence-corrected chi connectivity index (χ3v) is 2.39. The van der Waals surface area contributed by atoms with E-state index >= 15 is 0 Å². The molecule has 0 atom stereocenters. The lowest BCUT2D eigenvalue weighted by Crippen LogP contribution is -2.08. The zero-order valence-electron chi connectivity index (χ0n) is 9.87. The monoisotopic (exact) mass is 285 g/mol. The van der Waals surface area contributed by atoms with E-state index in [9.17, 15) is 0 Å². The topological polar surface area (TPSA) is 50.9 Å². The molecule has 98 valence electrons. The molecule has 0 radical (unpaired) electrons. The Morgan fingerprint density at radius 2 is 1.72 bits per heavy atom. The van der Waals surface area contributed by atoms with Crippen LogP contribution in [-0.4, -0.2) is 11.5 Å². The van der Waals surface area contributed by atoms with Crippen LogP contribution in [0.2, 0.25) is 0 Å². The van der Waals surface area contributed by atoms with Gasteiger partial charge in [-0.3, -0.25) is 0 Å². The van der Waals surface area contributed by atoms with E-state index in [1.165, 1.54) is 5.56 Å². The van der Waals surface area contributed by atoms with Gasteiger partial charge in [0.25, 0.3) is 0 Å². The molecule has 1 aromatic heterocycles. The minimum atomic E-state index is 0. The molecule has 2 rings (SSSR count). The maximum absolute atomic E-state index is 5.78. The van der Waals surface area contributed by atoms with Crippen molar-refractivity contribution in [2.24, 2.45) is 0 Å². The highest BCUT2D eigenvalue weighted by molar-refractivity contribution is 5.85. The molecule has 0 fully saturated rings. The molecule has 0 aliphatic rings. The number of hydrogen-bond acceptors (Lipinski definition) is 3. The lowest BCUT2D eigenvalue weighted by atomic mass is 10.1. The number of nitrogens with zero attached hydrogens (tertiary/aromatic N) is 1. The van der Waals surface area contributed by atoms with E-state index in [0.717, 1.165) is 18.8 Å². The number of nitrogens with one attached hydrogen (secondary N) is 1. The first-order valence-electron chi connectivity index (χ1n) is 5.34. The van der Waals surface area contributed by atoms with Crippen molar-refractivity contribution in [3.8, 4) is 0 Å². The number of aromatic nitrogens is 1. The lowest BCUT2D eigenvalue weighted by molar-refractivity contribution is 1.01. The van der Waals surface area contributed by atoms with Gasteiger partial charge in [0.2, 0.25) is 0 Å². The summed E-state index contributed by atoms with van der Waals surface area (Å²) in [7, 11) is 0. The SMILES string of the molecule is Cl.Cl.Nc1cccnc1NCCc1ccccc1. The molecular formula is C13H17Cl2N3. The molecule has 0 unspecified atom stereocenters. The molecule has 0 bridgehead atoms. The van der Waals surface area contributed by atoms with Crippen molar-refractivity contribution in [2.45, 2.75) is 6.42 Å². The van der Waals surface area contributed by atoms with Crippen LogP contribution >= 0.6 is 24.8 Å². The molecule has 0 saturated heterocycles. The Morgan fingerprint density at radius 3 is 2.39 bits per heavy atom. The molecule has 0 saturated carbocycles. The van der Waals surface area contributed by atoms with E-state index in [-0.39, 0.29) is 24.8 Å². The summed E-state index contributed by atoms with van der Waals surface area (Å²) in [5.41, 5.74) is 7.78. The fourth-order valence-corrected chi connectivity index (χ4v) is 1.54. The van der Waals surface area contributed by atoms with E-state index in [4.69, 9.17) is 5.73 Å². The van der Waals surface area contributed by atoms with Gasteiger partial charge in [-0.25, -0.2) is 4.98 Å². The van der Waals surface area contributed by atoms with Crippen LogP contribution in [0.15, 0.2) is 48.7 Å². The van der Waals surface area contributed by atoms with Crippen molar-refractivity contribution in [3.63, 3.8) is 0 Å². The average molecular weight is 286 g/mol. The second-order valence-corrected chi connectivity index (χ2v) is 3.60. The first-order chi connectivity index (χ1) is 7.86. The van der Waals surface area contributed by atoms with Crippen LogP contribution in [0.4, 0.5) is 11.5 Å². The average Bonchev–Trinajstić information content (AvgIpc) is 2.33. The minimum Gasteiger partial charge on any atom is -0.396 e. The van der Waals surface area contributed by atoms with Gasteiger partial charge in [0.05, 0.1) is 5.69 Å². The Labute approximate surface area is 120 Å². The summed E-state index contributed by atoms with van der Waals surface area (Å²) in [6.07, 6.45) is 2.71. The fraction of sp³-hybridized carbons (Fsp3) is 0.154. The summed E-state index contributed by atoms with van der Waals surface area (Å²) in [5.74, 6) is 0.762. The lowest BCUT2D eigenvalue weighted by Gasteiger charge is -2.07. The number of nitrogen functional groups attached to an aromatic ring is 1. The van der Waals surface area contributed by atoms with Crippen LogP contribution in [0.1, 0.15) is 5.56 Å². The maximum Gasteiger partial charge on any atom is 0.149 e. The molecule has 5 heteroatoms. The van der Waals surface area contributed by atoms with Gasteiger partial charge in [-0.2, -0.15) is 0 Å². The summed E-state index contributed by atoms with van der Waals surface area (Å²) in [6, 6.07) is 14.0. The normalized spacial score (nSPS) is 8.89. The van der Waals surface area contributed by atoms with Crippen molar-refractivity contribution in [1.29, 1.82) is 0 Å². The number of halogens is 2. The molecule has 0 amide bonds. The standard InChI is InChI=1S/C13H15N3.2ClH/c14-12-7-4-9-15-13(12)16-10-8-11-5-2-1-3-6-11;;/h1-7,9H,8,10,14H2,(H,15,16);2*1H. The van der Waals surface area contributed by atoms with Crippen molar-refractivity contribution < 1.29 is 0 Å². The highest BCUT2D eigenvalue weighted by Gasteiger charge is 1.97. The summed E-state index contributed by atoms with van der Waals surface area (Å²) in [5, 5.41) is 3.23. The number of benzene rings is 1.